The average Bonchev–Trinajstić information content (AvgIpc) is 2.92. The third kappa shape index (κ3) is 4.76. The van der Waals surface area contributed by atoms with Gasteiger partial charge in [0.05, 0.1) is 16.2 Å². The maximum absolute atomic E-state index is 12.6. The van der Waals surface area contributed by atoms with Gasteiger partial charge < -0.3 is 15.5 Å². The molecule has 0 aromatic heterocycles. The first-order valence-corrected chi connectivity index (χ1v) is 9.72. The minimum Gasteiger partial charge on any atom is -0.508 e. The molecule has 1 heterocycles. The van der Waals surface area contributed by atoms with Crippen LogP contribution in [0.4, 0.5) is 5.69 Å². The fraction of sp³-hybridized carbons (Fsp3) is 0.0526. The summed E-state index contributed by atoms with van der Waals surface area (Å²) in [7, 11) is 0. The molecule has 1 fully saturated rings. The third-order valence-corrected chi connectivity index (χ3v) is 5.60. The number of thioether (sulfide) groups is 1. The minimum atomic E-state index is -1.32. The molecular weight excluding hydrogens is 436 g/mol. The Balaban J connectivity index is 1.75. The molecule has 1 aliphatic rings. The number of amides is 2. The fourth-order valence-corrected chi connectivity index (χ4v) is 3.96. The molecule has 0 spiro atoms. The molecule has 29 heavy (non-hydrogen) atoms. The lowest BCUT2D eigenvalue weighted by Crippen LogP contribution is -2.36. The van der Waals surface area contributed by atoms with E-state index in [9.17, 15) is 24.6 Å². The highest BCUT2D eigenvalue weighted by Crippen LogP contribution is 2.33. The van der Waals surface area contributed by atoms with E-state index in [4.69, 9.17) is 23.8 Å². The maximum Gasteiger partial charge on any atom is 0.337 e. The van der Waals surface area contributed by atoms with Crippen molar-refractivity contribution in [3.63, 3.8) is 0 Å². The van der Waals surface area contributed by atoms with Crippen LogP contribution in [0.15, 0.2) is 47.4 Å². The van der Waals surface area contributed by atoms with Gasteiger partial charge in [-0.2, -0.15) is 0 Å². The van der Waals surface area contributed by atoms with Gasteiger partial charge in [0.1, 0.15) is 16.6 Å². The summed E-state index contributed by atoms with van der Waals surface area (Å²) < 4.78 is 0.201. The number of nitrogens with zero attached hydrogens (tertiary/aromatic N) is 1. The fourth-order valence-electron chi connectivity index (χ4n) is 2.52. The Morgan fingerprint density at radius 2 is 1.97 bits per heavy atom. The van der Waals surface area contributed by atoms with Gasteiger partial charge in [-0.15, -0.1) is 0 Å². The largest absolute Gasteiger partial charge is 0.508 e. The Hall–Kier alpha value is -2.88. The molecule has 3 N–H and O–H groups in total. The second kappa shape index (κ2) is 8.64. The Morgan fingerprint density at radius 1 is 1.24 bits per heavy atom. The normalized spacial score (nSPS) is 15.1. The van der Waals surface area contributed by atoms with Gasteiger partial charge in [-0.05, 0) is 35.9 Å². The molecule has 0 bridgehead atoms. The van der Waals surface area contributed by atoms with E-state index in [0.717, 1.165) is 22.7 Å². The second-order valence-electron chi connectivity index (χ2n) is 5.87. The number of halogens is 1. The molecular formula is C19H13ClN2O5S2. The molecule has 10 heteroatoms. The van der Waals surface area contributed by atoms with Crippen LogP contribution in [0.5, 0.6) is 5.75 Å². The van der Waals surface area contributed by atoms with E-state index in [-0.39, 0.29) is 27.9 Å². The maximum atomic E-state index is 12.6. The number of thiocarbonyl (C=S) groups is 1. The molecule has 148 valence electrons. The summed E-state index contributed by atoms with van der Waals surface area (Å²) in [5.74, 6) is -2.64. The lowest BCUT2D eigenvalue weighted by Gasteiger charge is -2.15. The SMILES string of the molecule is O=C(CN1C(=O)/C(=C\c2ccccc2Cl)SC1=S)Nc1ccc(O)cc1C(=O)O. The lowest BCUT2D eigenvalue weighted by atomic mass is 10.1. The molecule has 0 atom stereocenters. The summed E-state index contributed by atoms with van der Waals surface area (Å²) in [4.78, 5) is 37.7. The van der Waals surface area contributed by atoms with E-state index in [1.54, 1.807) is 30.3 Å². The molecule has 1 saturated heterocycles. The highest BCUT2D eigenvalue weighted by Gasteiger charge is 2.33. The summed E-state index contributed by atoms with van der Waals surface area (Å²) in [6.45, 7) is -0.384. The Labute approximate surface area is 180 Å². The number of aromatic carboxylic acids is 1. The predicted molar refractivity (Wildman–Crippen MR) is 115 cm³/mol. The highest BCUT2D eigenvalue weighted by atomic mass is 35.5. The number of nitrogens with one attached hydrogen (secondary N) is 1. The Morgan fingerprint density at radius 3 is 2.66 bits per heavy atom. The van der Waals surface area contributed by atoms with Crippen LogP contribution in [0.25, 0.3) is 6.08 Å². The summed E-state index contributed by atoms with van der Waals surface area (Å²) >= 11 is 12.4. The van der Waals surface area contributed by atoms with E-state index in [1.165, 1.54) is 12.1 Å². The minimum absolute atomic E-state index is 0.00245. The van der Waals surface area contributed by atoms with Crippen molar-refractivity contribution in [2.24, 2.45) is 0 Å². The lowest BCUT2D eigenvalue weighted by molar-refractivity contribution is -0.126. The van der Waals surface area contributed by atoms with Gasteiger partial charge in [-0.1, -0.05) is 53.8 Å². The number of carbonyl (C=O) groups excluding carboxylic acids is 2. The Kier molecular flexibility index (Phi) is 6.21. The second-order valence-corrected chi connectivity index (χ2v) is 7.96. The molecule has 0 unspecified atom stereocenters. The quantitative estimate of drug-likeness (QED) is 0.364. The van der Waals surface area contributed by atoms with E-state index in [1.807, 2.05) is 0 Å². The first-order chi connectivity index (χ1) is 13.8. The smallest absolute Gasteiger partial charge is 0.337 e. The van der Waals surface area contributed by atoms with Crippen LogP contribution in [-0.2, 0) is 9.59 Å². The van der Waals surface area contributed by atoms with Crippen molar-refractivity contribution >= 4 is 69.4 Å². The van der Waals surface area contributed by atoms with Crippen LogP contribution in [0.3, 0.4) is 0 Å². The zero-order chi connectivity index (χ0) is 21.1. The first-order valence-electron chi connectivity index (χ1n) is 8.12. The first kappa shape index (κ1) is 20.8. The van der Waals surface area contributed by atoms with Crippen molar-refractivity contribution in [1.82, 2.24) is 4.90 Å². The number of anilines is 1. The molecule has 1 aliphatic heterocycles. The van der Waals surface area contributed by atoms with E-state index in [2.05, 4.69) is 5.32 Å². The average molecular weight is 449 g/mol. The molecule has 0 saturated carbocycles. The number of aromatic hydroxyl groups is 1. The van der Waals surface area contributed by atoms with Crippen LogP contribution < -0.4 is 5.32 Å². The van der Waals surface area contributed by atoms with Gasteiger partial charge in [0, 0.05) is 5.02 Å². The zero-order valence-corrected chi connectivity index (χ0v) is 17.0. The molecule has 7 nitrogen and oxygen atoms in total. The van der Waals surface area contributed by atoms with Gasteiger partial charge in [0.25, 0.3) is 5.91 Å². The van der Waals surface area contributed by atoms with Gasteiger partial charge in [0.2, 0.25) is 5.91 Å². The number of phenolic OH excluding ortho intramolecular Hbond substituents is 1. The van der Waals surface area contributed by atoms with Gasteiger partial charge >= 0.3 is 5.97 Å². The summed E-state index contributed by atoms with van der Waals surface area (Å²) in [6, 6.07) is 10.5. The molecule has 0 radical (unpaired) electrons. The number of hydrogen-bond acceptors (Lipinski definition) is 6. The van der Waals surface area contributed by atoms with Gasteiger partial charge in [-0.25, -0.2) is 4.79 Å². The van der Waals surface area contributed by atoms with E-state index >= 15 is 0 Å². The zero-order valence-electron chi connectivity index (χ0n) is 14.6. The highest BCUT2D eigenvalue weighted by molar-refractivity contribution is 8.26. The van der Waals surface area contributed by atoms with Crippen molar-refractivity contribution in [2.45, 2.75) is 0 Å². The van der Waals surface area contributed by atoms with E-state index < -0.39 is 17.8 Å². The number of carbonyl (C=O) groups is 3. The number of carboxylic acid groups (broad SMARTS) is 1. The van der Waals surface area contributed by atoms with Crippen LogP contribution >= 0.6 is 35.6 Å². The van der Waals surface area contributed by atoms with Crippen molar-refractivity contribution < 1.29 is 24.6 Å². The standard InChI is InChI=1S/C19H13ClN2O5S2/c20-13-4-2-1-3-10(13)7-15-17(25)22(19(28)29-15)9-16(24)21-14-6-5-11(23)8-12(14)18(26)27/h1-8,23H,9H2,(H,21,24)(H,26,27)/b15-7+. The summed E-state index contributed by atoms with van der Waals surface area (Å²) in [6.07, 6.45) is 1.60. The van der Waals surface area contributed by atoms with Crippen molar-refractivity contribution in [3.8, 4) is 5.75 Å². The number of carboxylic acids is 1. The number of benzene rings is 2. The number of phenols is 1. The van der Waals surface area contributed by atoms with Crippen molar-refractivity contribution in [1.29, 1.82) is 0 Å². The predicted octanol–water partition coefficient (Wildman–Crippen LogP) is 3.58. The van der Waals surface area contributed by atoms with Crippen LogP contribution in [-0.4, -0.2) is 43.8 Å². The van der Waals surface area contributed by atoms with Crippen molar-refractivity contribution in [3.05, 3.63) is 63.5 Å². The Bertz CT molecular complexity index is 1070. The third-order valence-electron chi connectivity index (χ3n) is 3.87. The molecule has 0 aliphatic carbocycles. The van der Waals surface area contributed by atoms with Gasteiger partial charge in [-0.3, -0.25) is 14.5 Å². The number of rotatable bonds is 5. The van der Waals surface area contributed by atoms with E-state index in [0.29, 0.717) is 15.5 Å². The molecule has 2 aromatic rings. The topological polar surface area (TPSA) is 107 Å². The summed E-state index contributed by atoms with van der Waals surface area (Å²) in [5.41, 5.74) is 0.369. The van der Waals surface area contributed by atoms with Crippen molar-refractivity contribution in [2.75, 3.05) is 11.9 Å². The summed E-state index contributed by atoms with van der Waals surface area (Å²) in [5, 5.41) is 21.5. The monoisotopic (exact) mass is 448 g/mol. The molecule has 2 aromatic carbocycles. The number of hydrogen-bond donors (Lipinski definition) is 3. The van der Waals surface area contributed by atoms with Crippen LogP contribution in [0.2, 0.25) is 5.02 Å². The van der Waals surface area contributed by atoms with Gasteiger partial charge in [0.15, 0.2) is 0 Å². The van der Waals surface area contributed by atoms with Crippen LogP contribution in [0.1, 0.15) is 15.9 Å². The van der Waals surface area contributed by atoms with Crippen LogP contribution in [0, 0.1) is 0 Å². The molecule has 3 rings (SSSR count). The molecule has 2 amide bonds.